The molecule has 3 aromatic carbocycles. The van der Waals surface area contributed by atoms with E-state index < -0.39 is 47.4 Å². The number of hydrogen-bond donors (Lipinski definition) is 5. The number of halogens is 3. The number of rotatable bonds is 18. The van der Waals surface area contributed by atoms with E-state index in [0.29, 0.717) is 29.1 Å². The molecule has 0 fully saturated rings. The van der Waals surface area contributed by atoms with Crippen LogP contribution in [0.15, 0.2) is 72.8 Å². The summed E-state index contributed by atoms with van der Waals surface area (Å²) in [5.41, 5.74) is 7.10. The summed E-state index contributed by atoms with van der Waals surface area (Å²) in [6.45, 7) is 1.80. The first-order chi connectivity index (χ1) is 23.9. The number of amides is 3. The number of unbranched alkanes of at least 4 members (excludes halogenated alkanes) is 2. The zero-order chi connectivity index (χ0) is 36.9. The van der Waals surface area contributed by atoms with Gasteiger partial charge in [-0.25, -0.2) is 14.6 Å². The van der Waals surface area contributed by atoms with Gasteiger partial charge in [-0.15, -0.1) is 0 Å². The summed E-state index contributed by atoms with van der Waals surface area (Å²) in [5.74, 6) is -0.0465. The Kier molecular flexibility index (Phi) is 18.5. The number of urea groups is 1. The molecule has 3 rings (SSSR count). The number of carbonyl (C=O) groups excluding carboxylic acids is 2. The third-order valence-corrected chi connectivity index (χ3v) is 7.15. The Labute approximate surface area is 291 Å². The van der Waals surface area contributed by atoms with E-state index in [1.165, 1.54) is 17.0 Å². The molecule has 1 unspecified atom stereocenters. The zero-order valence-corrected chi connectivity index (χ0v) is 28.1. The highest BCUT2D eigenvalue weighted by molar-refractivity contribution is 7.51. The van der Waals surface area contributed by atoms with Crippen molar-refractivity contribution in [2.24, 2.45) is 0 Å². The van der Waals surface area contributed by atoms with Crippen molar-refractivity contribution >= 4 is 29.2 Å². The van der Waals surface area contributed by atoms with Gasteiger partial charge in [0.1, 0.15) is 25.0 Å². The number of nitrogens with one attached hydrogen (secondary N) is 2. The molecule has 0 saturated carbocycles. The molecule has 0 spiro atoms. The van der Waals surface area contributed by atoms with Crippen LogP contribution in [0.1, 0.15) is 48.4 Å². The second-order valence-corrected chi connectivity index (χ2v) is 11.2. The number of carbonyl (C=O) groups is 2. The molecule has 3 amide bonds. The van der Waals surface area contributed by atoms with E-state index in [0.717, 1.165) is 31.4 Å². The molecule has 274 valence electrons. The number of nitrogens with zero attached hydrogens (tertiary/aromatic N) is 1. The monoisotopic (exact) mass is 726 g/mol. The molecule has 0 bridgehead atoms. The molecular formula is C33H41F3N4O9S. The molecule has 0 heterocycles. The van der Waals surface area contributed by atoms with Crippen LogP contribution in [0, 0.1) is 0 Å². The maximum Gasteiger partial charge on any atom is 0.416 e. The molecule has 0 saturated heterocycles. The predicted octanol–water partition coefficient (Wildman–Crippen LogP) is 4.97. The van der Waals surface area contributed by atoms with Gasteiger partial charge in [0.25, 0.3) is 0 Å². The Morgan fingerprint density at radius 3 is 2.08 bits per heavy atom. The van der Waals surface area contributed by atoms with E-state index in [1.807, 2.05) is 6.92 Å². The fourth-order valence-electron chi connectivity index (χ4n) is 4.68. The van der Waals surface area contributed by atoms with E-state index in [9.17, 15) is 22.8 Å². The van der Waals surface area contributed by atoms with E-state index in [-0.39, 0.29) is 38.3 Å². The van der Waals surface area contributed by atoms with Crippen molar-refractivity contribution in [3.05, 3.63) is 95.1 Å². The Morgan fingerprint density at radius 1 is 0.900 bits per heavy atom. The molecular weight excluding hydrogens is 685 g/mol. The first-order valence-electron chi connectivity index (χ1n) is 15.5. The fourth-order valence-corrected chi connectivity index (χ4v) is 4.68. The van der Waals surface area contributed by atoms with Crippen LogP contribution in [0.3, 0.4) is 0 Å². The summed E-state index contributed by atoms with van der Waals surface area (Å²) in [6, 6.07) is 16.4. The number of ether oxygens (including phenoxy) is 1. The Hall–Kier alpha value is -4.55. The van der Waals surface area contributed by atoms with Crippen LogP contribution in [0.5, 0.6) is 5.75 Å². The average molecular weight is 727 g/mol. The molecule has 13 nitrogen and oxygen atoms in total. The number of benzene rings is 3. The van der Waals surface area contributed by atoms with Crippen molar-refractivity contribution in [3.8, 4) is 5.75 Å². The summed E-state index contributed by atoms with van der Waals surface area (Å²) in [6.07, 6.45) is -2.65. The average Bonchev–Trinajstić information content (AvgIpc) is 3.08. The van der Waals surface area contributed by atoms with Gasteiger partial charge in [0.15, 0.2) is 6.10 Å². The highest BCUT2D eigenvalue weighted by atomic mass is 32.1. The molecule has 1 atom stereocenters. The summed E-state index contributed by atoms with van der Waals surface area (Å²) in [7, 11) is 0. The lowest BCUT2D eigenvalue weighted by Gasteiger charge is -2.27. The second kappa shape index (κ2) is 22.2. The second-order valence-electron chi connectivity index (χ2n) is 11.0. The number of hydrogen-bond acceptors (Lipinski definition) is 10. The van der Waals surface area contributed by atoms with Gasteiger partial charge in [0.05, 0.1) is 5.56 Å². The van der Waals surface area contributed by atoms with Gasteiger partial charge in [0.2, 0.25) is 5.91 Å². The summed E-state index contributed by atoms with van der Waals surface area (Å²) in [4.78, 5) is 36.6. The maximum atomic E-state index is 13.8. The van der Waals surface area contributed by atoms with E-state index in [4.69, 9.17) is 29.4 Å². The normalized spacial score (nSPS) is 11.6. The Balaban J connectivity index is 0.00000278. The van der Waals surface area contributed by atoms with Crippen molar-refractivity contribution in [1.82, 2.24) is 15.5 Å². The van der Waals surface area contributed by atoms with Gasteiger partial charge in [0, 0.05) is 31.7 Å². The van der Waals surface area contributed by atoms with Gasteiger partial charge in [-0.3, -0.25) is 15.3 Å². The van der Waals surface area contributed by atoms with Gasteiger partial charge in [-0.1, -0.05) is 56.2 Å². The van der Waals surface area contributed by atoms with E-state index >= 15 is 0 Å². The van der Waals surface area contributed by atoms with Crippen LogP contribution < -0.4 is 21.1 Å². The lowest BCUT2D eigenvalue weighted by molar-refractivity contribution is -0.286. The third kappa shape index (κ3) is 15.3. The lowest BCUT2D eigenvalue weighted by atomic mass is 10.0. The van der Waals surface area contributed by atoms with Crippen molar-refractivity contribution in [2.75, 3.05) is 25.5 Å². The van der Waals surface area contributed by atoms with E-state index in [1.54, 1.807) is 48.5 Å². The van der Waals surface area contributed by atoms with Crippen LogP contribution in [-0.4, -0.2) is 67.7 Å². The molecule has 3 aromatic rings. The maximum absolute atomic E-state index is 13.8. The topological polar surface area (TPSA) is 190 Å². The van der Waals surface area contributed by atoms with E-state index in [2.05, 4.69) is 20.4 Å². The number of anilines is 1. The highest BCUT2D eigenvalue weighted by Crippen LogP contribution is 2.30. The summed E-state index contributed by atoms with van der Waals surface area (Å²) in [5, 5.41) is 23.1. The van der Waals surface area contributed by atoms with Gasteiger partial charge in [-0.2, -0.15) is 21.6 Å². The molecule has 0 radical (unpaired) electrons. The number of alkyl halides is 3. The van der Waals surface area contributed by atoms with Crippen LogP contribution in [0.4, 0.5) is 23.7 Å². The SMILES string of the molecule is CCCCCNC(=O)C(Cc1ccc(OC(COO)COO)cc1)NC(=O)N(Cc1ccc(N)cc1)Cc1cccc(C(F)(F)F)c1.O=S=O. The zero-order valence-electron chi connectivity index (χ0n) is 27.3. The third-order valence-electron chi connectivity index (χ3n) is 7.15. The van der Waals surface area contributed by atoms with Crippen molar-refractivity contribution in [2.45, 2.75) is 64.0 Å². The summed E-state index contributed by atoms with van der Waals surface area (Å²) < 4.78 is 62.5. The van der Waals surface area contributed by atoms with Crippen LogP contribution >= 0.6 is 0 Å². The molecule has 0 aromatic heterocycles. The van der Waals surface area contributed by atoms with Crippen LogP contribution in [-0.2, 0) is 51.8 Å². The van der Waals surface area contributed by atoms with Gasteiger partial charge < -0.3 is 26.0 Å². The number of nitrogens with two attached hydrogens (primary N) is 1. The molecule has 6 N–H and O–H groups in total. The van der Waals surface area contributed by atoms with Crippen LogP contribution in [0.25, 0.3) is 0 Å². The Morgan fingerprint density at radius 2 is 1.50 bits per heavy atom. The van der Waals surface area contributed by atoms with Gasteiger partial charge >= 0.3 is 23.8 Å². The molecule has 17 heteroatoms. The minimum absolute atomic E-state index is 0.0372. The molecule has 0 aliphatic carbocycles. The largest absolute Gasteiger partial charge is 0.485 e. The smallest absolute Gasteiger partial charge is 0.416 e. The van der Waals surface area contributed by atoms with Crippen molar-refractivity contribution < 1.29 is 56.2 Å². The highest BCUT2D eigenvalue weighted by Gasteiger charge is 2.31. The summed E-state index contributed by atoms with van der Waals surface area (Å²) >= 11 is -0.750. The minimum atomic E-state index is -4.55. The quantitative estimate of drug-likeness (QED) is 0.0518. The first kappa shape index (κ1) is 41.6. The lowest BCUT2D eigenvalue weighted by Crippen LogP contribution is -2.52. The molecule has 50 heavy (non-hydrogen) atoms. The van der Waals surface area contributed by atoms with Crippen LogP contribution in [0.2, 0.25) is 0 Å². The van der Waals surface area contributed by atoms with Gasteiger partial charge in [-0.05, 0) is 59.5 Å². The van der Waals surface area contributed by atoms with Crippen molar-refractivity contribution in [1.29, 1.82) is 0 Å². The predicted molar refractivity (Wildman–Crippen MR) is 177 cm³/mol. The van der Waals surface area contributed by atoms with Crippen molar-refractivity contribution in [3.63, 3.8) is 0 Å². The Bertz CT molecular complexity index is 1490. The number of nitrogen functional groups attached to an aromatic ring is 1. The molecule has 0 aliphatic rings. The standard InChI is InChI=1S/C33H41F3N4O7.O2S/c1-2-3-4-16-38-31(41)30(18-23-10-14-28(15-11-23)47-29(21-45-43)22-46-44)39-32(42)40(19-24-8-12-27(37)13-9-24)20-25-6-5-7-26(17-25)33(34,35)36;1-3-2/h5-15,17,29-30,43-44H,2-4,16,18-22,37H2,1H3,(H,38,41)(H,39,42);. The minimum Gasteiger partial charge on any atom is -0.485 e. The first-order valence-corrected chi connectivity index (χ1v) is 16.1. The molecule has 0 aliphatic heterocycles. The fraction of sp³-hybridized carbons (Fsp3) is 0.394.